The van der Waals surface area contributed by atoms with Gasteiger partial charge in [-0.1, -0.05) is 12.1 Å². The van der Waals surface area contributed by atoms with E-state index in [0.29, 0.717) is 11.1 Å². The molecule has 3 nitrogen and oxygen atoms in total. The molecule has 1 unspecified atom stereocenters. The van der Waals surface area contributed by atoms with Crippen LogP contribution in [0.5, 0.6) is 5.75 Å². The Kier molecular flexibility index (Phi) is 5.57. The van der Waals surface area contributed by atoms with Crippen molar-refractivity contribution < 1.29 is 44.2 Å². The number of hydrogen-bond donors (Lipinski definition) is 0. The van der Waals surface area contributed by atoms with Crippen LogP contribution in [0.4, 0.5) is 0 Å². The van der Waals surface area contributed by atoms with Crippen LogP contribution in [0.25, 0.3) is 0 Å². The van der Waals surface area contributed by atoms with Crippen molar-refractivity contribution in [3.63, 3.8) is 0 Å². The molecule has 0 saturated carbocycles. The van der Waals surface area contributed by atoms with Gasteiger partial charge in [-0.2, -0.15) is 0 Å². The number of ether oxygens (including phenoxy) is 1. The van der Waals surface area contributed by atoms with Gasteiger partial charge in [-0.25, -0.2) is 0 Å². The van der Waals surface area contributed by atoms with Gasteiger partial charge in [0.15, 0.2) is 0 Å². The summed E-state index contributed by atoms with van der Waals surface area (Å²) >= 11 is 0. The molecular formula is C8H8NaO3P. The number of carbonyl (C=O) groups is 1. The third-order valence-electron chi connectivity index (χ3n) is 1.48. The molecule has 0 heterocycles. The van der Waals surface area contributed by atoms with Crippen molar-refractivity contribution in [3.05, 3.63) is 23.8 Å². The fraction of sp³-hybridized carbons (Fsp3) is 0.125. The Balaban J connectivity index is 0.00000144. The number of methoxy groups -OCH3 is 1. The van der Waals surface area contributed by atoms with Gasteiger partial charge in [-0.15, -0.1) is 9.24 Å². The molecule has 0 N–H and O–H groups in total. The summed E-state index contributed by atoms with van der Waals surface area (Å²) in [4.78, 5) is 10.6. The molecule has 64 valence electrons. The van der Waals surface area contributed by atoms with E-state index >= 15 is 0 Å². The first-order valence-corrected chi connectivity index (χ1v) is 3.88. The molecule has 0 aromatic heterocycles. The van der Waals surface area contributed by atoms with Crippen LogP contribution in [0.2, 0.25) is 0 Å². The summed E-state index contributed by atoms with van der Waals surface area (Å²) < 4.78 is 4.85. The van der Waals surface area contributed by atoms with E-state index in [1.54, 1.807) is 18.2 Å². The molecule has 0 aliphatic carbocycles. The zero-order valence-electron chi connectivity index (χ0n) is 7.53. The predicted octanol–water partition coefficient (Wildman–Crippen LogP) is -3.44. The molecule has 0 bridgehead atoms. The monoisotopic (exact) mass is 206 g/mol. The Morgan fingerprint density at radius 2 is 2.15 bits per heavy atom. The molecule has 0 aliphatic rings. The summed E-state index contributed by atoms with van der Waals surface area (Å²) in [6.07, 6.45) is 0. The van der Waals surface area contributed by atoms with Crippen LogP contribution in [0, 0.1) is 0 Å². The number of hydrogen-bond acceptors (Lipinski definition) is 3. The van der Waals surface area contributed by atoms with Gasteiger partial charge in [0.25, 0.3) is 0 Å². The second-order valence-corrected chi connectivity index (χ2v) is 2.83. The number of carboxylic acid groups (broad SMARTS) is 1. The average molecular weight is 206 g/mol. The summed E-state index contributed by atoms with van der Waals surface area (Å²) in [5.74, 6) is -0.903. The Morgan fingerprint density at radius 3 is 2.54 bits per heavy atom. The van der Waals surface area contributed by atoms with Gasteiger partial charge in [0, 0.05) is 5.56 Å². The molecule has 5 heteroatoms. The number of benzene rings is 1. The van der Waals surface area contributed by atoms with Crippen LogP contribution >= 0.6 is 9.24 Å². The topological polar surface area (TPSA) is 49.4 Å². The number of aromatic carboxylic acids is 1. The van der Waals surface area contributed by atoms with Crippen molar-refractivity contribution in [3.8, 4) is 5.75 Å². The molecule has 1 rings (SSSR count). The largest absolute Gasteiger partial charge is 1.00 e. The van der Waals surface area contributed by atoms with Gasteiger partial charge in [0.1, 0.15) is 5.75 Å². The minimum absolute atomic E-state index is 0. The first-order chi connectivity index (χ1) is 5.66. The van der Waals surface area contributed by atoms with Crippen molar-refractivity contribution in [1.29, 1.82) is 0 Å². The SMILES string of the molecule is COc1cccc(P)c1C(=O)[O-].[Na+]. The van der Waals surface area contributed by atoms with Crippen LogP contribution in [0.3, 0.4) is 0 Å². The third kappa shape index (κ3) is 2.96. The maximum Gasteiger partial charge on any atom is 1.00 e. The van der Waals surface area contributed by atoms with Crippen molar-refractivity contribution in [2.45, 2.75) is 0 Å². The maximum absolute atomic E-state index is 10.6. The minimum Gasteiger partial charge on any atom is -0.545 e. The van der Waals surface area contributed by atoms with Crippen LogP contribution in [-0.2, 0) is 0 Å². The first-order valence-electron chi connectivity index (χ1n) is 3.30. The molecule has 1 aromatic rings. The summed E-state index contributed by atoms with van der Waals surface area (Å²) in [6, 6.07) is 4.96. The normalized spacial score (nSPS) is 8.77. The molecule has 0 radical (unpaired) electrons. The number of carbonyl (C=O) groups excluding carboxylic acids is 1. The molecule has 0 saturated heterocycles. The first kappa shape index (κ1) is 12.9. The maximum atomic E-state index is 10.6. The van der Waals surface area contributed by atoms with Gasteiger partial charge in [-0.3, -0.25) is 0 Å². The molecular weight excluding hydrogens is 198 g/mol. The van der Waals surface area contributed by atoms with Gasteiger partial charge in [0.2, 0.25) is 0 Å². The van der Waals surface area contributed by atoms with Crippen molar-refractivity contribution in [2.75, 3.05) is 7.11 Å². The van der Waals surface area contributed by atoms with Crippen LogP contribution in [0.1, 0.15) is 10.4 Å². The zero-order chi connectivity index (χ0) is 9.14. The summed E-state index contributed by atoms with van der Waals surface area (Å²) in [7, 11) is 3.74. The minimum atomic E-state index is -1.22. The van der Waals surface area contributed by atoms with E-state index in [4.69, 9.17) is 4.74 Å². The molecule has 0 spiro atoms. The van der Waals surface area contributed by atoms with Gasteiger partial charge >= 0.3 is 29.6 Å². The van der Waals surface area contributed by atoms with E-state index in [-0.39, 0.29) is 35.1 Å². The van der Waals surface area contributed by atoms with Crippen LogP contribution in [0.15, 0.2) is 18.2 Å². The molecule has 1 aromatic carbocycles. The number of rotatable bonds is 2. The van der Waals surface area contributed by atoms with Crippen LogP contribution in [-0.4, -0.2) is 13.1 Å². The van der Waals surface area contributed by atoms with Gasteiger partial charge < -0.3 is 14.6 Å². The van der Waals surface area contributed by atoms with Gasteiger partial charge in [-0.05, 0) is 11.4 Å². The molecule has 1 atom stereocenters. The molecule has 0 amide bonds. The Bertz CT molecular complexity index is 314. The van der Waals surface area contributed by atoms with E-state index in [0.717, 1.165) is 0 Å². The average Bonchev–Trinajstić information content (AvgIpc) is 2.03. The smallest absolute Gasteiger partial charge is 0.545 e. The number of carboxylic acids is 1. The van der Waals surface area contributed by atoms with E-state index in [2.05, 4.69) is 9.24 Å². The van der Waals surface area contributed by atoms with Crippen molar-refractivity contribution in [1.82, 2.24) is 0 Å². The summed E-state index contributed by atoms with van der Waals surface area (Å²) in [5.41, 5.74) is 0.0880. The van der Waals surface area contributed by atoms with Crippen molar-refractivity contribution >= 4 is 20.5 Å². The second kappa shape index (κ2) is 5.61. The molecule has 13 heavy (non-hydrogen) atoms. The summed E-state index contributed by atoms with van der Waals surface area (Å²) in [5, 5.41) is 11.2. The quantitative estimate of drug-likeness (QED) is 0.373. The van der Waals surface area contributed by atoms with Crippen LogP contribution < -0.4 is 44.7 Å². The van der Waals surface area contributed by atoms with E-state index in [9.17, 15) is 9.90 Å². The van der Waals surface area contributed by atoms with E-state index in [1.807, 2.05) is 0 Å². The fourth-order valence-electron chi connectivity index (χ4n) is 0.937. The predicted molar refractivity (Wildman–Crippen MR) is 46.7 cm³/mol. The molecule has 0 aliphatic heterocycles. The summed E-state index contributed by atoms with van der Waals surface area (Å²) in [6.45, 7) is 0. The molecule has 0 fully saturated rings. The van der Waals surface area contributed by atoms with Crippen molar-refractivity contribution in [2.24, 2.45) is 0 Å². The Hall–Kier alpha value is -0.0800. The third-order valence-corrected chi connectivity index (χ3v) is 1.96. The standard InChI is InChI=1S/C8H9O3P.Na/c1-11-5-3-2-4-6(12)7(5)8(9)10;/h2-4H,12H2,1H3,(H,9,10);/q;+1/p-1. The Labute approximate surface area is 101 Å². The van der Waals surface area contributed by atoms with E-state index in [1.165, 1.54) is 7.11 Å². The van der Waals surface area contributed by atoms with Gasteiger partial charge in [0.05, 0.1) is 13.1 Å². The second-order valence-electron chi connectivity index (χ2n) is 2.21. The Morgan fingerprint density at radius 1 is 1.54 bits per heavy atom. The fourth-order valence-corrected chi connectivity index (χ4v) is 1.31. The van der Waals surface area contributed by atoms with E-state index < -0.39 is 5.97 Å². The zero-order valence-corrected chi connectivity index (χ0v) is 10.7.